The molecule has 0 saturated carbocycles. The second-order valence-electron chi connectivity index (χ2n) is 2.46. The molecule has 1 aromatic rings. The van der Waals surface area contributed by atoms with Crippen LogP contribution in [0.15, 0.2) is 12.1 Å². The third kappa shape index (κ3) is 1.63. The third-order valence-corrected chi connectivity index (χ3v) is 1.62. The van der Waals surface area contributed by atoms with Gasteiger partial charge in [-0.05, 0) is 0 Å². The Hall–Kier alpha value is -2.11. The smallest absolute Gasteiger partial charge is 0.274 e. The minimum Gasteiger partial charge on any atom is -0.504 e. The number of non-ortho nitro benzene ring substituents is 1. The molecule has 0 radical (unpaired) electrons. The fourth-order valence-corrected chi connectivity index (χ4v) is 1.04. The van der Waals surface area contributed by atoms with Gasteiger partial charge in [-0.3, -0.25) is 14.9 Å². The lowest BCUT2D eigenvalue weighted by Gasteiger charge is -2.04. The van der Waals surface area contributed by atoms with Crippen LogP contribution in [0.4, 0.5) is 5.69 Å². The topological polar surface area (TPSA) is 89.7 Å². The molecule has 0 aromatic heterocycles. The van der Waals surface area contributed by atoms with E-state index in [1.807, 2.05) is 0 Å². The van der Waals surface area contributed by atoms with Crippen molar-refractivity contribution in [3.05, 3.63) is 27.8 Å². The van der Waals surface area contributed by atoms with Gasteiger partial charge in [0, 0.05) is 6.07 Å². The Morgan fingerprint density at radius 2 is 2.21 bits per heavy atom. The van der Waals surface area contributed by atoms with E-state index in [1.165, 1.54) is 7.11 Å². The largest absolute Gasteiger partial charge is 0.504 e. The number of ether oxygens (including phenoxy) is 1. The van der Waals surface area contributed by atoms with Crippen LogP contribution in [-0.4, -0.2) is 23.4 Å². The summed E-state index contributed by atoms with van der Waals surface area (Å²) in [6, 6.07) is 1.96. The van der Waals surface area contributed by atoms with Gasteiger partial charge in [0.05, 0.1) is 23.7 Å². The summed E-state index contributed by atoms with van der Waals surface area (Å²) in [5, 5.41) is 19.6. The number of aldehydes is 1. The van der Waals surface area contributed by atoms with Crippen molar-refractivity contribution in [3.63, 3.8) is 0 Å². The maximum Gasteiger partial charge on any atom is 0.274 e. The second kappa shape index (κ2) is 3.73. The highest BCUT2D eigenvalue weighted by atomic mass is 16.6. The number of carbonyl (C=O) groups is 1. The minimum atomic E-state index is -0.702. The summed E-state index contributed by atoms with van der Waals surface area (Å²) in [7, 11) is 1.26. The van der Waals surface area contributed by atoms with Crippen LogP contribution in [0.5, 0.6) is 11.5 Å². The van der Waals surface area contributed by atoms with Crippen LogP contribution in [0.2, 0.25) is 0 Å². The van der Waals surface area contributed by atoms with E-state index in [4.69, 9.17) is 4.74 Å². The monoisotopic (exact) mass is 197 g/mol. The maximum atomic E-state index is 10.5. The zero-order valence-electron chi connectivity index (χ0n) is 7.26. The molecule has 0 heterocycles. The number of phenolic OH excluding ortho intramolecular Hbond substituents is 1. The first kappa shape index (κ1) is 9.97. The molecule has 1 aromatic carbocycles. The van der Waals surface area contributed by atoms with Gasteiger partial charge in [-0.15, -0.1) is 0 Å². The number of hydrogen-bond donors (Lipinski definition) is 1. The summed E-state index contributed by atoms with van der Waals surface area (Å²) in [5.74, 6) is -0.491. The molecule has 0 aliphatic carbocycles. The molecule has 14 heavy (non-hydrogen) atoms. The molecule has 0 fully saturated rings. The summed E-state index contributed by atoms with van der Waals surface area (Å²) >= 11 is 0. The Balaban J connectivity index is 3.38. The quantitative estimate of drug-likeness (QED) is 0.445. The van der Waals surface area contributed by atoms with Crippen molar-refractivity contribution in [2.75, 3.05) is 7.11 Å². The number of rotatable bonds is 3. The molecule has 0 atom stereocenters. The van der Waals surface area contributed by atoms with Crippen LogP contribution in [0.3, 0.4) is 0 Å². The normalized spacial score (nSPS) is 9.50. The molecule has 6 nitrogen and oxygen atoms in total. The molecule has 1 rings (SSSR count). The van der Waals surface area contributed by atoms with Crippen molar-refractivity contribution in [2.24, 2.45) is 0 Å². The molecule has 0 bridgehead atoms. The van der Waals surface area contributed by atoms with Crippen molar-refractivity contribution in [2.45, 2.75) is 0 Å². The van der Waals surface area contributed by atoms with Gasteiger partial charge in [0.15, 0.2) is 17.8 Å². The standard InChI is InChI=1S/C8H7NO5/c1-14-8-5(4-10)2-6(9(12)13)3-7(8)11/h2-4,11H,1H3. The molecule has 0 aliphatic heterocycles. The summed E-state index contributed by atoms with van der Waals surface area (Å²) < 4.78 is 4.70. The maximum absolute atomic E-state index is 10.5. The van der Waals surface area contributed by atoms with Gasteiger partial charge in [-0.2, -0.15) is 0 Å². The van der Waals surface area contributed by atoms with Crippen molar-refractivity contribution >= 4 is 12.0 Å². The van der Waals surface area contributed by atoms with Crippen LogP contribution in [0.25, 0.3) is 0 Å². The van der Waals surface area contributed by atoms with E-state index in [2.05, 4.69) is 0 Å². The first-order valence-corrected chi connectivity index (χ1v) is 3.60. The van der Waals surface area contributed by atoms with Gasteiger partial charge in [0.2, 0.25) is 0 Å². The average Bonchev–Trinajstić information content (AvgIpc) is 2.16. The number of nitro groups is 1. The van der Waals surface area contributed by atoms with E-state index >= 15 is 0 Å². The Morgan fingerprint density at radius 3 is 2.64 bits per heavy atom. The van der Waals surface area contributed by atoms with E-state index in [0.29, 0.717) is 6.29 Å². The predicted molar refractivity (Wildman–Crippen MR) is 46.7 cm³/mol. The Morgan fingerprint density at radius 1 is 1.57 bits per heavy atom. The highest BCUT2D eigenvalue weighted by Gasteiger charge is 2.15. The first-order valence-electron chi connectivity index (χ1n) is 3.60. The van der Waals surface area contributed by atoms with Gasteiger partial charge in [-0.1, -0.05) is 0 Å². The van der Waals surface area contributed by atoms with Gasteiger partial charge < -0.3 is 9.84 Å². The fourth-order valence-electron chi connectivity index (χ4n) is 1.04. The fraction of sp³-hybridized carbons (Fsp3) is 0.125. The second-order valence-corrected chi connectivity index (χ2v) is 2.46. The molecule has 0 aliphatic rings. The lowest BCUT2D eigenvalue weighted by atomic mass is 10.2. The van der Waals surface area contributed by atoms with Crippen molar-refractivity contribution in [1.29, 1.82) is 0 Å². The molecular weight excluding hydrogens is 190 g/mol. The molecule has 74 valence electrons. The lowest BCUT2D eigenvalue weighted by Crippen LogP contribution is -1.94. The number of carbonyl (C=O) groups excluding carboxylic acids is 1. The molecule has 0 unspecified atom stereocenters. The van der Waals surface area contributed by atoms with Crippen LogP contribution in [-0.2, 0) is 0 Å². The zero-order valence-corrected chi connectivity index (χ0v) is 7.26. The summed E-state index contributed by atoms with van der Waals surface area (Å²) in [4.78, 5) is 20.2. The van der Waals surface area contributed by atoms with Crippen molar-refractivity contribution in [1.82, 2.24) is 0 Å². The summed E-state index contributed by atoms with van der Waals surface area (Å²) in [5.41, 5.74) is -0.412. The van der Waals surface area contributed by atoms with Crippen LogP contribution >= 0.6 is 0 Å². The SMILES string of the molecule is COc1c(O)cc([N+](=O)[O-])cc1C=O. The molecule has 6 heteroatoms. The number of benzene rings is 1. The van der Waals surface area contributed by atoms with Gasteiger partial charge in [-0.25, -0.2) is 0 Å². The predicted octanol–water partition coefficient (Wildman–Crippen LogP) is 1.12. The number of hydrogen-bond acceptors (Lipinski definition) is 5. The van der Waals surface area contributed by atoms with E-state index in [-0.39, 0.29) is 17.0 Å². The average molecular weight is 197 g/mol. The van der Waals surface area contributed by atoms with Crippen LogP contribution in [0, 0.1) is 10.1 Å². The summed E-state index contributed by atoms with van der Waals surface area (Å²) in [6.45, 7) is 0. The molecule has 1 N–H and O–H groups in total. The summed E-state index contributed by atoms with van der Waals surface area (Å²) in [6.07, 6.45) is 0.381. The first-order chi connectivity index (χ1) is 6.60. The van der Waals surface area contributed by atoms with Crippen molar-refractivity contribution in [3.8, 4) is 11.5 Å². The number of methoxy groups -OCH3 is 1. The van der Waals surface area contributed by atoms with Crippen molar-refractivity contribution < 1.29 is 19.6 Å². The minimum absolute atomic E-state index is 0.0563. The highest BCUT2D eigenvalue weighted by molar-refractivity contribution is 5.82. The van der Waals surface area contributed by atoms with Crippen LogP contribution < -0.4 is 4.74 Å². The zero-order chi connectivity index (χ0) is 10.7. The number of phenols is 1. The Bertz CT molecular complexity index is 388. The van der Waals surface area contributed by atoms with E-state index in [1.54, 1.807) is 0 Å². The number of nitrogens with zero attached hydrogens (tertiary/aromatic N) is 1. The van der Waals surface area contributed by atoms with E-state index in [0.717, 1.165) is 12.1 Å². The van der Waals surface area contributed by atoms with Crippen LogP contribution in [0.1, 0.15) is 10.4 Å². The molecular formula is C8H7NO5. The Labute approximate surface area is 78.9 Å². The number of aromatic hydroxyl groups is 1. The van der Waals surface area contributed by atoms with Gasteiger partial charge >= 0.3 is 0 Å². The van der Waals surface area contributed by atoms with Gasteiger partial charge in [0.1, 0.15) is 0 Å². The molecule has 0 saturated heterocycles. The lowest BCUT2D eigenvalue weighted by molar-refractivity contribution is -0.385. The molecule has 0 spiro atoms. The highest BCUT2D eigenvalue weighted by Crippen LogP contribution is 2.33. The number of nitro benzene ring substituents is 1. The Kier molecular flexibility index (Phi) is 2.66. The van der Waals surface area contributed by atoms with Gasteiger partial charge in [0.25, 0.3) is 5.69 Å². The van der Waals surface area contributed by atoms with E-state index in [9.17, 15) is 20.0 Å². The molecule has 0 amide bonds. The third-order valence-electron chi connectivity index (χ3n) is 1.62. The van der Waals surface area contributed by atoms with E-state index < -0.39 is 10.7 Å².